The van der Waals surface area contributed by atoms with Gasteiger partial charge in [0.25, 0.3) is 5.91 Å². The van der Waals surface area contributed by atoms with Gasteiger partial charge in [-0.05, 0) is 31.2 Å². The number of piperidine rings is 1. The van der Waals surface area contributed by atoms with Crippen molar-refractivity contribution in [2.75, 3.05) is 6.54 Å². The lowest BCUT2D eigenvalue weighted by Crippen LogP contribution is -2.47. The molecule has 7 heteroatoms. The first-order valence-corrected chi connectivity index (χ1v) is 7.09. The molecule has 21 heavy (non-hydrogen) atoms. The van der Waals surface area contributed by atoms with Gasteiger partial charge < -0.3 is 9.32 Å². The number of carbonyl (C=O) groups is 1. The molecule has 112 valence electrons. The van der Waals surface area contributed by atoms with Gasteiger partial charge in [0, 0.05) is 6.54 Å². The molecule has 7 nitrogen and oxygen atoms in total. The van der Waals surface area contributed by atoms with E-state index >= 15 is 0 Å². The van der Waals surface area contributed by atoms with E-state index in [9.17, 15) is 4.79 Å². The third kappa shape index (κ3) is 2.32. The highest BCUT2D eigenvalue weighted by atomic mass is 16.3. The highest BCUT2D eigenvalue weighted by Crippen LogP contribution is 2.44. The monoisotopic (exact) mass is 289 g/mol. The number of tetrazole rings is 1. The van der Waals surface area contributed by atoms with Crippen molar-refractivity contribution < 1.29 is 9.21 Å². The number of H-pyrrole nitrogens is 1. The average Bonchev–Trinajstić information content (AvgIpc) is 3.07. The Morgan fingerprint density at radius 3 is 2.95 bits per heavy atom. The second-order valence-electron chi connectivity index (χ2n) is 6.15. The van der Waals surface area contributed by atoms with Gasteiger partial charge in [0.1, 0.15) is 11.8 Å². The summed E-state index contributed by atoms with van der Waals surface area (Å²) in [6.07, 6.45) is 3.52. The molecule has 2 aromatic heterocycles. The Morgan fingerprint density at radius 1 is 1.52 bits per heavy atom. The summed E-state index contributed by atoms with van der Waals surface area (Å²) in [7, 11) is 0. The molecule has 1 amide bonds. The summed E-state index contributed by atoms with van der Waals surface area (Å²) in [5, 5.41) is 14.3. The molecule has 0 aliphatic carbocycles. The van der Waals surface area contributed by atoms with Gasteiger partial charge in [0.05, 0.1) is 11.8 Å². The summed E-state index contributed by atoms with van der Waals surface area (Å²) >= 11 is 0. The van der Waals surface area contributed by atoms with E-state index in [1.54, 1.807) is 19.3 Å². The van der Waals surface area contributed by atoms with Crippen LogP contribution in [0, 0.1) is 12.3 Å². The zero-order chi connectivity index (χ0) is 15.0. The molecule has 1 fully saturated rings. The molecule has 3 heterocycles. The lowest BCUT2D eigenvalue weighted by molar-refractivity contribution is 0.0238. The van der Waals surface area contributed by atoms with Gasteiger partial charge in [0.2, 0.25) is 0 Å². The number of aromatic nitrogens is 4. The van der Waals surface area contributed by atoms with Crippen LogP contribution in [0.1, 0.15) is 54.7 Å². The highest BCUT2D eigenvalue weighted by molar-refractivity contribution is 5.95. The van der Waals surface area contributed by atoms with Crippen LogP contribution in [0.2, 0.25) is 0 Å². The molecule has 0 bridgehead atoms. The molecule has 1 aliphatic heterocycles. The number of nitrogens with zero attached hydrogens (tertiary/aromatic N) is 4. The van der Waals surface area contributed by atoms with Crippen LogP contribution < -0.4 is 0 Å². The minimum Gasteiger partial charge on any atom is -0.469 e. The van der Waals surface area contributed by atoms with E-state index in [0.717, 1.165) is 12.8 Å². The number of likely N-dealkylation sites (tertiary alicyclic amines) is 1. The predicted octanol–water partition coefficient (Wildman–Crippen LogP) is 2.10. The van der Waals surface area contributed by atoms with E-state index in [2.05, 4.69) is 34.5 Å². The third-order valence-corrected chi connectivity index (χ3v) is 4.23. The number of furan rings is 1. The van der Waals surface area contributed by atoms with E-state index in [0.29, 0.717) is 23.7 Å². The third-order valence-electron chi connectivity index (χ3n) is 4.23. The number of amides is 1. The fraction of sp³-hybridized carbons (Fsp3) is 0.571. The van der Waals surface area contributed by atoms with Crippen LogP contribution >= 0.6 is 0 Å². The first-order valence-electron chi connectivity index (χ1n) is 7.09. The van der Waals surface area contributed by atoms with Crippen molar-refractivity contribution in [1.82, 2.24) is 25.5 Å². The van der Waals surface area contributed by atoms with Gasteiger partial charge in [-0.3, -0.25) is 4.79 Å². The Kier molecular flexibility index (Phi) is 3.27. The van der Waals surface area contributed by atoms with Gasteiger partial charge in [0.15, 0.2) is 5.82 Å². The molecule has 1 saturated heterocycles. The van der Waals surface area contributed by atoms with E-state index < -0.39 is 0 Å². The van der Waals surface area contributed by atoms with Crippen LogP contribution in [0.25, 0.3) is 0 Å². The Labute approximate surface area is 122 Å². The maximum Gasteiger partial charge on any atom is 0.258 e. The minimum atomic E-state index is -0.188. The van der Waals surface area contributed by atoms with E-state index in [1.807, 2.05) is 4.90 Å². The van der Waals surface area contributed by atoms with Gasteiger partial charge in [-0.1, -0.05) is 19.1 Å². The fourth-order valence-corrected chi connectivity index (χ4v) is 3.15. The van der Waals surface area contributed by atoms with Crippen molar-refractivity contribution in [3.05, 3.63) is 29.5 Å². The lowest BCUT2D eigenvalue weighted by Gasteiger charge is -2.44. The predicted molar refractivity (Wildman–Crippen MR) is 74.4 cm³/mol. The molecule has 3 rings (SSSR count). The smallest absolute Gasteiger partial charge is 0.258 e. The van der Waals surface area contributed by atoms with E-state index in [4.69, 9.17) is 4.42 Å². The zero-order valence-electron chi connectivity index (χ0n) is 12.5. The van der Waals surface area contributed by atoms with E-state index in [-0.39, 0.29) is 17.4 Å². The number of hydrogen-bond acceptors (Lipinski definition) is 5. The molecule has 0 spiro atoms. The topological polar surface area (TPSA) is 87.9 Å². The lowest BCUT2D eigenvalue weighted by atomic mass is 9.75. The van der Waals surface area contributed by atoms with Gasteiger partial charge in [-0.25, -0.2) is 0 Å². The van der Waals surface area contributed by atoms with Crippen LogP contribution in [0.5, 0.6) is 0 Å². The Bertz CT molecular complexity index is 632. The van der Waals surface area contributed by atoms with Crippen LogP contribution in [-0.2, 0) is 0 Å². The maximum absolute atomic E-state index is 12.9. The number of carbonyl (C=O) groups excluding carboxylic acids is 1. The van der Waals surface area contributed by atoms with Crippen LogP contribution in [0.3, 0.4) is 0 Å². The second kappa shape index (κ2) is 4.98. The number of aromatic amines is 1. The van der Waals surface area contributed by atoms with Crippen molar-refractivity contribution in [3.63, 3.8) is 0 Å². The normalized spacial score (nSPS) is 21.5. The molecule has 1 atom stereocenters. The molecule has 0 aromatic carbocycles. The number of nitrogens with one attached hydrogen (secondary N) is 1. The molecule has 1 aliphatic rings. The van der Waals surface area contributed by atoms with Crippen molar-refractivity contribution in [3.8, 4) is 0 Å². The molecule has 0 radical (unpaired) electrons. The first kappa shape index (κ1) is 13.8. The molecule has 1 N–H and O–H groups in total. The Hall–Kier alpha value is -2.18. The zero-order valence-corrected chi connectivity index (χ0v) is 12.5. The quantitative estimate of drug-likeness (QED) is 0.914. The van der Waals surface area contributed by atoms with Crippen molar-refractivity contribution >= 4 is 5.91 Å². The van der Waals surface area contributed by atoms with E-state index in [1.165, 1.54) is 0 Å². The molecule has 0 saturated carbocycles. The molecule has 2 aromatic rings. The van der Waals surface area contributed by atoms with Crippen LogP contribution in [0.4, 0.5) is 0 Å². The van der Waals surface area contributed by atoms with Crippen molar-refractivity contribution in [2.24, 2.45) is 5.41 Å². The van der Waals surface area contributed by atoms with Crippen LogP contribution in [0.15, 0.2) is 16.7 Å². The molecular weight excluding hydrogens is 270 g/mol. The maximum atomic E-state index is 12.9. The summed E-state index contributed by atoms with van der Waals surface area (Å²) in [6.45, 7) is 6.75. The van der Waals surface area contributed by atoms with Crippen molar-refractivity contribution in [2.45, 2.75) is 39.7 Å². The molecular formula is C14H19N5O2. The van der Waals surface area contributed by atoms with Gasteiger partial charge >= 0.3 is 0 Å². The fourth-order valence-electron chi connectivity index (χ4n) is 3.15. The van der Waals surface area contributed by atoms with Crippen molar-refractivity contribution in [1.29, 1.82) is 0 Å². The number of rotatable bonds is 2. The number of aryl methyl sites for hydroxylation is 1. The SMILES string of the molecule is Cc1occc1C(=O)N1CCCC(C)(C)C1c1nn[nH]n1. The minimum absolute atomic E-state index is 0.0381. The summed E-state index contributed by atoms with van der Waals surface area (Å²) < 4.78 is 5.26. The second-order valence-corrected chi connectivity index (χ2v) is 6.15. The van der Waals surface area contributed by atoms with Gasteiger partial charge in [-0.15, -0.1) is 10.2 Å². The van der Waals surface area contributed by atoms with Gasteiger partial charge in [-0.2, -0.15) is 5.21 Å². The Morgan fingerprint density at radius 2 is 2.33 bits per heavy atom. The highest BCUT2D eigenvalue weighted by Gasteiger charge is 2.43. The number of hydrogen-bond donors (Lipinski definition) is 1. The Balaban J connectivity index is 1.99. The average molecular weight is 289 g/mol. The summed E-state index contributed by atoms with van der Waals surface area (Å²) in [5.41, 5.74) is 0.497. The first-order chi connectivity index (χ1) is 10.0. The molecule has 1 unspecified atom stereocenters. The summed E-state index contributed by atoms with van der Waals surface area (Å²) in [6, 6.07) is 1.53. The summed E-state index contributed by atoms with van der Waals surface area (Å²) in [5.74, 6) is 1.16. The summed E-state index contributed by atoms with van der Waals surface area (Å²) in [4.78, 5) is 14.7. The van der Waals surface area contributed by atoms with Crippen LogP contribution in [-0.4, -0.2) is 38.0 Å². The standard InChI is InChI=1S/C14H19N5O2/c1-9-10(5-8-21-9)13(20)19-7-4-6-14(2,3)11(19)12-15-17-18-16-12/h5,8,11H,4,6-7H2,1-3H3,(H,15,16,17,18). The largest absolute Gasteiger partial charge is 0.469 e.